The summed E-state index contributed by atoms with van der Waals surface area (Å²) < 4.78 is 27.5. The molecule has 0 N–H and O–H groups in total. The van der Waals surface area contributed by atoms with Crippen LogP contribution in [0.1, 0.15) is 0 Å². The predicted octanol–water partition coefficient (Wildman–Crippen LogP) is 0.643. The van der Waals surface area contributed by atoms with Crippen molar-refractivity contribution in [1.82, 2.24) is 0 Å². The minimum atomic E-state index is -2.97. The molecule has 1 nitrogen and oxygen atoms in total. The van der Waals surface area contributed by atoms with Crippen molar-refractivity contribution < 1.29 is 12.3 Å². The molecule has 0 aromatic rings. The van der Waals surface area contributed by atoms with Crippen molar-refractivity contribution in [3.8, 4) is 0 Å². The summed E-state index contributed by atoms with van der Waals surface area (Å²) in [6, 6.07) is 0. The average molecular weight is 142 g/mol. The van der Waals surface area contributed by atoms with Crippen LogP contribution >= 0.6 is 0 Å². The summed E-state index contributed by atoms with van der Waals surface area (Å²) in [5, 5.41) is 0. The minimum Gasteiger partial charge on any atom is -0.413 e. The largest absolute Gasteiger partial charge is 0.413 e. The van der Waals surface area contributed by atoms with E-state index in [0.29, 0.717) is 0 Å². The lowest BCUT2D eigenvalue weighted by atomic mass is 11.9. The molecule has 0 atom stereocenters. The lowest BCUT2D eigenvalue weighted by molar-refractivity contribution is 0.467. The molecule has 0 heterocycles. The molecular formula is C2H8F2OSi2. The Bertz CT molecular complexity index is 52.1. The second-order valence-corrected chi connectivity index (χ2v) is 5.72. The van der Waals surface area contributed by atoms with E-state index in [0.717, 1.165) is 0 Å². The second-order valence-electron chi connectivity index (χ2n) is 1.62. The zero-order valence-corrected chi connectivity index (χ0v) is 6.79. The molecule has 0 fully saturated rings. The predicted molar refractivity (Wildman–Crippen MR) is 29.3 cm³/mol. The van der Waals surface area contributed by atoms with Crippen LogP contribution in [0, 0.1) is 0 Å². The molecule has 0 saturated heterocycles. The van der Waals surface area contributed by atoms with Gasteiger partial charge in [-0.25, -0.2) is 0 Å². The Morgan fingerprint density at radius 3 is 2.00 bits per heavy atom. The highest BCUT2D eigenvalue weighted by molar-refractivity contribution is 6.67. The Hall–Kier alpha value is 0.254. The van der Waals surface area contributed by atoms with Gasteiger partial charge >= 0.3 is 18.7 Å². The van der Waals surface area contributed by atoms with Gasteiger partial charge in [-0.15, -0.1) is 0 Å². The first-order valence-corrected chi connectivity index (χ1v) is 5.85. The van der Waals surface area contributed by atoms with Crippen LogP contribution in [-0.2, 0) is 4.12 Å². The number of hydrogen-bond donors (Lipinski definition) is 0. The van der Waals surface area contributed by atoms with Gasteiger partial charge in [0.15, 0.2) is 0 Å². The molecule has 0 aliphatic rings. The molecule has 0 aliphatic heterocycles. The van der Waals surface area contributed by atoms with Gasteiger partial charge < -0.3 is 4.12 Å². The van der Waals surface area contributed by atoms with Crippen LogP contribution in [0.15, 0.2) is 0 Å². The van der Waals surface area contributed by atoms with Gasteiger partial charge in [-0.05, 0) is 13.1 Å². The van der Waals surface area contributed by atoms with Gasteiger partial charge in [-0.2, -0.15) is 0 Å². The Labute approximate surface area is 45.1 Å². The van der Waals surface area contributed by atoms with Crippen molar-refractivity contribution in [2.24, 2.45) is 0 Å². The lowest BCUT2D eigenvalue weighted by Gasteiger charge is -2.06. The van der Waals surface area contributed by atoms with E-state index in [1.54, 1.807) is 0 Å². The maximum atomic E-state index is 12.1. The smallest absolute Gasteiger partial charge is 0.369 e. The fourth-order valence-corrected chi connectivity index (χ4v) is 1.17. The maximum Gasteiger partial charge on any atom is 0.369 e. The average Bonchev–Trinajstić information content (AvgIpc) is 1.30. The first-order chi connectivity index (χ1) is 3.06. The summed E-state index contributed by atoms with van der Waals surface area (Å²) in [7, 11) is -4.97. The number of rotatable bonds is 2. The molecule has 0 saturated carbocycles. The lowest BCUT2D eigenvalue weighted by Crippen LogP contribution is -2.24. The normalized spacial score (nSPS) is 13.7. The summed E-state index contributed by atoms with van der Waals surface area (Å²) in [6.07, 6.45) is 0. The number of halogens is 2. The van der Waals surface area contributed by atoms with Crippen molar-refractivity contribution in [2.45, 2.75) is 13.1 Å². The van der Waals surface area contributed by atoms with Crippen molar-refractivity contribution >= 4 is 18.7 Å². The van der Waals surface area contributed by atoms with Gasteiger partial charge in [-0.3, -0.25) is 8.22 Å². The molecule has 0 amide bonds. The standard InChI is InChI=1S/C2H8F2OSi2/c1-7(2,4)5-6-3/h6H2,1-2H3. The van der Waals surface area contributed by atoms with Crippen molar-refractivity contribution in [1.29, 1.82) is 0 Å². The molecule has 0 aromatic heterocycles. The van der Waals surface area contributed by atoms with Gasteiger partial charge in [0.25, 0.3) is 0 Å². The van der Waals surface area contributed by atoms with E-state index in [1.807, 2.05) is 0 Å². The van der Waals surface area contributed by atoms with Crippen LogP contribution in [0.2, 0.25) is 13.1 Å². The molecule has 5 heteroatoms. The van der Waals surface area contributed by atoms with Crippen LogP contribution in [-0.4, -0.2) is 18.7 Å². The molecule has 0 bridgehead atoms. The summed E-state index contributed by atoms with van der Waals surface area (Å²) >= 11 is 0. The van der Waals surface area contributed by atoms with Gasteiger partial charge in [0.05, 0.1) is 0 Å². The van der Waals surface area contributed by atoms with Crippen LogP contribution in [0.3, 0.4) is 0 Å². The van der Waals surface area contributed by atoms with E-state index in [-0.39, 0.29) is 0 Å². The minimum absolute atomic E-state index is 1.32. The third-order valence-electron chi connectivity index (χ3n) is 0.398. The topological polar surface area (TPSA) is 9.23 Å². The first kappa shape index (κ1) is 7.25. The molecule has 0 rings (SSSR count). The Balaban J connectivity index is 3.15. The van der Waals surface area contributed by atoms with Gasteiger partial charge in [0.2, 0.25) is 0 Å². The fraction of sp³-hybridized carbons (Fsp3) is 1.00. The molecule has 44 valence electrons. The van der Waals surface area contributed by atoms with Crippen LogP contribution < -0.4 is 0 Å². The quantitative estimate of drug-likeness (QED) is 0.406. The maximum absolute atomic E-state index is 12.1. The highest BCUT2D eigenvalue weighted by Gasteiger charge is 2.20. The summed E-state index contributed by atoms with van der Waals surface area (Å²) in [5.74, 6) is 0. The fourth-order valence-electron chi connectivity index (χ4n) is 0.130. The van der Waals surface area contributed by atoms with E-state index in [1.165, 1.54) is 13.1 Å². The SMILES string of the molecule is C[Si](C)(F)O[SiH2]F. The third-order valence-corrected chi connectivity index (χ3v) is 3.58. The summed E-state index contributed by atoms with van der Waals surface area (Å²) in [4.78, 5) is 0. The van der Waals surface area contributed by atoms with Crippen molar-refractivity contribution in [2.75, 3.05) is 0 Å². The van der Waals surface area contributed by atoms with E-state index in [4.69, 9.17) is 0 Å². The van der Waals surface area contributed by atoms with E-state index in [2.05, 4.69) is 4.12 Å². The second kappa shape index (κ2) is 2.53. The molecule has 0 aliphatic carbocycles. The third kappa shape index (κ3) is 6.25. The molecule has 0 unspecified atom stereocenters. The van der Waals surface area contributed by atoms with Gasteiger partial charge in [0.1, 0.15) is 0 Å². The highest BCUT2D eigenvalue weighted by Crippen LogP contribution is 2.02. The Kier molecular flexibility index (Phi) is 2.63. The molecule has 0 radical (unpaired) electrons. The zero-order valence-electron chi connectivity index (χ0n) is 4.37. The first-order valence-electron chi connectivity index (χ1n) is 1.95. The summed E-state index contributed by atoms with van der Waals surface area (Å²) in [5.41, 5.74) is 0. The molecule has 0 aromatic carbocycles. The Morgan fingerprint density at radius 1 is 1.57 bits per heavy atom. The van der Waals surface area contributed by atoms with E-state index < -0.39 is 18.7 Å². The monoisotopic (exact) mass is 142 g/mol. The van der Waals surface area contributed by atoms with Crippen LogP contribution in [0.25, 0.3) is 0 Å². The van der Waals surface area contributed by atoms with Crippen LogP contribution in [0.4, 0.5) is 8.22 Å². The van der Waals surface area contributed by atoms with Crippen molar-refractivity contribution in [3.63, 3.8) is 0 Å². The van der Waals surface area contributed by atoms with E-state index >= 15 is 0 Å². The van der Waals surface area contributed by atoms with Gasteiger partial charge in [-0.1, -0.05) is 0 Å². The van der Waals surface area contributed by atoms with Gasteiger partial charge in [0, 0.05) is 0 Å². The van der Waals surface area contributed by atoms with Crippen LogP contribution in [0.5, 0.6) is 0 Å². The van der Waals surface area contributed by atoms with E-state index in [9.17, 15) is 8.22 Å². The zero-order chi connectivity index (χ0) is 5.91. The summed E-state index contributed by atoms with van der Waals surface area (Å²) in [6.45, 7) is 2.64. The highest BCUT2D eigenvalue weighted by atomic mass is 28.4. The number of hydrogen-bond acceptors (Lipinski definition) is 1. The molecule has 0 spiro atoms. The van der Waals surface area contributed by atoms with Crippen molar-refractivity contribution in [3.05, 3.63) is 0 Å². The Morgan fingerprint density at radius 2 is 2.00 bits per heavy atom. The molecule has 7 heavy (non-hydrogen) atoms. The molecular weight excluding hydrogens is 134 g/mol.